The summed E-state index contributed by atoms with van der Waals surface area (Å²) in [5.74, 6) is 0.713. The Labute approximate surface area is 165 Å². The number of benzene rings is 2. The Balaban J connectivity index is 1.38. The van der Waals surface area contributed by atoms with E-state index in [1.165, 1.54) is 0 Å². The molecule has 0 saturated carbocycles. The van der Waals surface area contributed by atoms with Crippen molar-refractivity contribution in [2.75, 3.05) is 0 Å². The maximum Gasteiger partial charge on any atom is 0.240 e. The number of H-pyrrole nitrogens is 1. The Hall–Kier alpha value is -3.38. The van der Waals surface area contributed by atoms with Crippen molar-refractivity contribution in [1.82, 2.24) is 19.9 Å². The lowest BCUT2D eigenvalue weighted by atomic mass is 10.2. The number of fused-ring (bicyclic) bond motifs is 2. The van der Waals surface area contributed by atoms with Gasteiger partial charge in [-0.25, -0.2) is 4.98 Å². The number of aromatic nitrogens is 3. The van der Waals surface area contributed by atoms with Crippen LogP contribution in [-0.4, -0.2) is 20.4 Å². The summed E-state index contributed by atoms with van der Waals surface area (Å²) >= 11 is 1.68. The van der Waals surface area contributed by atoms with E-state index in [4.69, 9.17) is 0 Å². The number of hydrogen-bond donors (Lipinski definition) is 2. The lowest BCUT2D eigenvalue weighted by molar-refractivity contribution is -0.121. The van der Waals surface area contributed by atoms with Crippen LogP contribution in [-0.2, 0) is 17.9 Å². The van der Waals surface area contributed by atoms with Crippen LogP contribution in [0.1, 0.15) is 5.82 Å². The molecular formula is C22H18N4OS. The van der Waals surface area contributed by atoms with Crippen LogP contribution in [0, 0.1) is 0 Å². The van der Waals surface area contributed by atoms with Gasteiger partial charge in [0.1, 0.15) is 12.4 Å². The van der Waals surface area contributed by atoms with Gasteiger partial charge in [-0.05, 0) is 35.7 Å². The van der Waals surface area contributed by atoms with Crippen LogP contribution >= 0.6 is 11.3 Å². The summed E-state index contributed by atoms with van der Waals surface area (Å²) in [7, 11) is 0. The Morgan fingerprint density at radius 2 is 1.93 bits per heavy atom. The van der Waals surface area contributed by atoms with Crippen LogP contribution in [0.5, 0.6) is 0 Å². The Morgan fingerprint density at radius 1 is 1.07 bits per heavy atom. The van der Waals surface area contributed by atoms with Crippen LogP contribution in [0.25, 0.3) is 32.5 Å². The third-order valence-corrected chi connectivity index (χ3v) is 5.67. The molecule has 0 unspecified atom stereocenters. The maximum atomic E-state index is 12.7. The zero-order valence-corrected chi connectivity index (χ0v) is 15.9. The van der Waals surface area contributed by atoms with Gasteiger partial charge in [-0.15, -0.1) is 11.3 Å². The summed E-state index contributed by atoms with van der Waals surface area (Å²) < 4.78 is 2.08. The summed E-state index contributed by atoms with van der Waals surface area (Å²) in [5.41, 5.74) is 4.01. The molecule has 0 atom stereocenters. The molecule has 0 aliphatic rings. The van der Waals surface area contributed by atoms with Gasteiger partial charge in [0.15, 0.2) is 0 Å². The number of carbonyl (C=O) groups is 1. The van der Waals surface area contributed by atoms with E-state index in [2.05, 4.69) is 49.5 Å². The van der Waals surface area contributed by atoms with E-state index >= 15 is 0 Å². The van der Waals surface area contributed by atoms with E-state index in [0.29, 0.717) is 6.54 Å². The van der Waals surface area contributed by atoms with Gasteiger partial charge in [-0.3, -0.25) is 4.79 Å². The van der Waals surface area contributed by atoms with E-state index in [9.17, 15) is 4.79 Å². The third kappa shape index (κ3) is 3.08. The minimum atomic E-state index is -0.0420. The highest BCUT2D eigenvalue weighted by molar-refractivity contribution is 7.13. The molecule has 0 aliphatic heterocycles. The molecule has 0 aliphatic carbocycles. The van der Waals surface area contributed by atoms with Gasteiger partial charge in [-0.1, -0.05) is 36.4 Å². The van der Waals surface area contributed by atoms with Gasteiger partial charge in [0.2, 0.25) is 5.91 Å². The summed E-state index contributed by atoms with van der Waals surface area (Å²) in [6.07, 6.45) is 0. The van der Waals surface area contributed by atoms with Crippen molar-refractivity contribution >= 4 is 39.2 Å². The summed E-state index contributed by atoms with van der Waals surface area (Å²) in [6.45, 7) is 0.641. The molecule has 6 heteroatoms. The highest BCUT2D eigenvalue weighted by atomic mass is 32.1. The molecule has 5 nitrogen and oxygen atoms in total. The molecule has 2 aromatic carbocycles. The number of aromatic amines is 1. The van der Waals surface area contributed by atoms with Crippen molar-refractivity contribution in [1.29, 1.82) is 0 Å². The third-order valence-electron chi connectivity index (χ3n) is 4.78. The van der Waals surface area contributed by atoms with E-state index in [1.807, 2.05) is 42.5 Å². The van der Waals surface area contributed by atoms with Gasteiger partial charge in [0, 0.05) is 10.9 Å². The van der Waals surface area contributed by atoms with Crippen molar-refractivity contribution in [3.05, 3.63) is 77.9 Å². The number of para-hydroxylation sites is 3. The second-order valence-corrected chi connectivity index (χ2v) is 7.58. The number of imidazole rings is 1. The number of nitrogens with zero attached hydrogens (tertiary/aromatic N) is 2. The Bertz CT molecular complexity index is 1230. The number of nitrogens with one attached hydrogen (secondary N) is 2. The number of rotatable bonds is 5. The predicted molar refractivity (Wildman–Crippen MR) is 113 cm³/mol. The molecular weight excluding hydrogens is 368 g/mol. The lowest BCUT2D eigenvalue weighted by Gasteiger charge is -2.10. The van der Waals surface area contributed by atoms with Crippen molar-refractivity contribution in [3.8, 4) is 10.6 Å². The fraction of sp³-hybridized carbons (Fsp3) is 0.0909. The van der Waals surface area contributed by atoms with Crippen LogP contribution < -0.4 is 5.32 Å². The van der Waals surface area contributed by atoms with Gasteiger partial charge in [0.25, 0.3) is 0 Å². The van der Waals surface area contributed by atoms with Crippen molar-refractivity contribution < 1.29 is 4.79 Å². The first-order chi connectivity index (χ1) is 13.8. The van der Waals surface area contributed by atoms with E-state index in [1.54, 1.807) is 11.3 Å². The molecule has 0 saturated heterocycles. The predicted octanol–water partition coefficient (Wildman–Crippen LogP) is 4.56. The summed E-state index contributed by atoms with van der Waals surface area (Å²) in [4.78, 5) is 21.6. The average Bonchev–Trinajstić information content (AvgIpc) is 3.44. The van der Waals surface area contributed by atoms with Crippen LogP contribution in [0.15, 0.2) is 72.1 Å². The number of carbonyl (C=O) groups excluding carboxylic acids is 1. The normalized spacial score (nSPS) is 11.3. The van der Waals surface area contributed by atoms with E-state index in [-0.39, 0.29) is 12.5 Å². The van der Waals surface area contributed by atoms with Crippen LogP contribution in [0.3, 0.4) is 0 Å². The molecule has 28 heavy (non-hydrogen) atoms. The van der Waals surface area contributed by atoms with Gasteiger partial charge in [0.05, 0.1) is 28.1 Å². The summed E-state index contributed by atoms with van der Waals surface area (Å²) in [6, 6.07) is 22.3. The molecule has 3 aromatic heterocycles. The molecule has 5 rings (SSSR count). The molecule has 0 fully saturated rings. The number of hydrogen-bond acceptors (Lipinski definition) is 3. The van der Waals surface area contributed by atoms with Crippen molar-refractivity contribution in [2.24, 2.45) is 0 Å². The van der Waals surface area contributed by atoms with E-state index < -0.39 is 0 Å². The Kier molecular flexibility index (Phi) is 4.18. The molecule has 2 N–H and O–H groups in total. The minimum absolute atomic E-state index is 0.0420. The molecule has 0 radical (unpaired) electrons. The van der Waals surface area contributed by atoms with Gasteiger partial charge >= 0.3 is 0 Å². The highest BCUT2D eigenvalue weighted by Crippen LogP contribution is 2.31. The van der Waals surface area contributed by atoms with Crippen LogP contribution in [0.2, 0.25) is 0 Å². The standard InChI is InChI=1S/C22H18N4OS/c27-22(23-13-21-24-16-7-2-3-8-17(16)25-21)14-26-18-9-4-1-6-15(18)12-19(26)20-10-5-11-28-20/h1-12H,13-14H2,(H,23,27)(H,24,25). The zero-order chi connectivity index (χ0) is 18.9. The van der Waals surface area contributed by atoms with Gasteiger partial charge in [-0.2, -0.15) is 0 Å². The molecule has 0 bridgehead atoms. The quantitative estimate of drug-likeness (QED) is 0.465. The first-order valence-electron chi connectivity index (χ1n) is 9.10. The first-order valence-corrected chi connectivity index (χ1v) is 9.98. The SMILES string of the molecule is O=C(Cn1c(-c2cccs2)cc2ccccc21)NCc1nc2ccccc2[nH]1. The first kappa shape index (κ1) is 16.8. The van der Waals surface area contributed by atoms with E-state index in [0.717, 1.165) is 38.3 Å². The van der Waals surface area contributed by atoms with Crippen molar-refractivity contribution in [3.63, 3.8) is 0 Å². The average molecular weight is 386 g/mol. The number of amides is 1. The smallest absolute Gasteiger partial charge is 0.240 e. The fourth-order valence-electron chi connectivity index (χ4n) is 3.48. The molecule has 1 amide bonds. The zero-order valence-electron chi connectivity index (χ0n) is 15.1. The molecule has 0 spiro atoms. The fourth-order valence-corrected chi connectivity index (χ4v) is 4.23. The minimum Gasteiger partial charge on any atom is -0.347 e. The van der Waals surface area contributed by atoms with Crippen molar-refractivity contribution in [2.45, 2.75) is 13.1 Å². The highest BCUT2D eigenvalue weighted by Gasteiger charge is 2.14. The second kappa shape index (κ2) is 6.98. The number of thiophene rings is 1. The lowest BCUT2D eigenvalue weighted by Crippen LogP contribution is -2.27. The van der Waals surface area contributed by atoms with Crippen LogP contribution in [0.4, 0.5) is 0 Å². The molecule has 5 aromatic rings. The van der Waals surface area contributed by atoms with Gasteiger partial charge < -0.3 is 14.9 Å². The molecule has 138 valence electrons. The monoisotopic (exact) mass is 386 g/mol. The summed E-state index contributed by atoms with van der Waals surface area (Å²) in [5, 5.41) is 6.18. The maximum absolute atomic E-state index is 12.7. The molecule has 3 heterocycles. The second-order valence-electron chi connectivity index (χ2n) is 6.63. The largest absolute Gasteiger partial charge is 0.347 e. The Morgan fingerprint density at radius 3 is 2.79 bits per heavy atom. The topological polar surface area (TPSA) is 62.7 Å².